The summed E-state index contributed by atoms with van der Waals surface area (Å²) in [5.41, 5.74) is 1.03. The van der Waals surface area contributed by atoms with E-state index in [0.717, 1.165) is 5.69 Å². The summed E-state index contributed by atoms with van der Waals surface area (Å²) in [6.07, 6.45) is 5.76. The second-order valence-electron chi connectivity index (χ2n) is 4.41. The fraction of sp³-hybridized carbons (Fsp3) is 0.500. The molecule has 84 valence electrons. The maximum Gasteiger partial charge on any atom is 0.229 e. The first kappa shape index (κ1) is 10.7. The van der Waals surface area contributed by atoms with Crippen LogP contribution in [0.5, 0.6) is 0 Å². The molecule has 0 saturated carbocycles. The Bertz CT molecular complexity index is 441. The Kier molecular flexibility index (Phi) is 2.69. The molecule has 4 nitrogen and oxygen atoms in total. The third-order valence-corrected chi connectivity index (χ3v) is 2.84. The standard InChI is InChI=1S/C12H15N3O/c1-4-9-5-12(16)15(7-9)11-6-10(8(2)3)13-14-11/h1,6,8-9H,5,7H2,2-3H3,(H,13,14). The first-order valence-corrected chi connectivity index (χ1v) is 5.43. The summed E-state index contributed by atoms with van der Waals surface area (Å²) < 4.78 is 0. The topological polar surface area (TPSA) is 49.0 Å². The number of rotatable bonds is 2. The molecule has 1 aliphatic heterocycles. The van der Waals surface area contributed by atoms with Crippen LogP contribution in [0.3, 0.4) is 0 Å². The van der Waals surface area contributed by atoms with Crippen molar-refractivity contribution in [1.29, 1.82) is 0 Å². The van der Waals surface area contributed by atoms with E-state index in [9.17, 15) is 4.79 Å². The third kappa shape index (κ3) is 1.81. The summed E-state index contributed by atoms with van der Waals surface area (Å²) in [6, 6.07) is 1.92. The second kappa shape index (κ2) is 4.01. The Morgan fingerprint density at radius 1 is 1.69 bits per heavy atom. The lowest BCUT2D eigenvalue weighted by Crippen LogP contribution is -2.24. The summed E-state index contributed by atoms with van der Waals surface area (Å²) in [7, 11) is 0. The molecule has 0 bridgehead atoms. The SMILES string of the molecule is C#CC1CC(=O)N(c2cc(C(C)C)[nH]n2)C1. The first-order valence-electron chi connectivity index (χ1n) is 5.43. The number of hydrogen-bond donors (Lipinski definition) is 1. The lowest BCUT2D eigenvalue weighted by atomic mass is 10.1. The largest absolute Gasteiger partial charge is 0.294 e. The highest BCUT2D eigenvalue weighted by Gasteiger charge is 2.30. The van der Waals surface area contributed by atoms with Crippen LogP contribution in [0.25, 0.3) is 0 Å². The van der Waals surface area contributed by atoms with E-state index in [1.165, 1.54) is 0 Å². The van der Waals surface area contributed by atoms with Gasteiger partial charge in [-0.2, -0.15) is 5.10 Å². The van der Waals surface area contributed by atoms with Gasteiger partial charge in [0.2, 0.25) is 5.91 Å². The molecule has 2 heterocycles. The number of anilines is 1. The molecule has 1 atom stereocenters. The number of hydrogen-bond acceptors (Lipinski definition) is 2. The number of nitrogens with zero attached hydrogens (tertiary/aromatic N) is 2. The van der Waals surface area contributed by atoms with Crippen LogP contribution in [-0.4, -0.2) is 22.6 Å². The molecule has 1 aliphatic rings. The number of amides is 1. The molecule has 1 aromatic heterocycles. The molecular weight excluding hydrogens is 202 g/mol. The Morgan fingerprint density at radius 3 is 2.94 bits per heavy atom. The molecule has 1 saturated heterocycles. The number of aromatic amines is 1. The molecule has 0 spiro atoms. The van der Waals surface area contributed by atoms with E-state index < -0.39 is 0 Å². The lowest BCUT2D eigenvalue weighted by Gasteiger charge is -2.11. The Labute approximate surface area is 95.0 Å². The van der Waals surface area contributed by atoms with E-state index in [-0.39, 0.29) is 11.8 Å². The average Bonchev–Trinajstić information content (AvgIpc) is 2.83. The molecule has 1 unspecified atom stereocenters. The van der Waals surface area contributed by atoms with Crippen molar-refractivity contribution < 1.29 is 4.79 Å². The zero-order chi connectivity index (χ0) is 11.7. The maximum atomic E-state index is 11.7. The highest BCUT2D eigenvalue weighted by Crippen LogP contribution is 2.25. The number of aromatic nitrogens is 2. The smallest absolute Gasteiger partial charge is 0.229 e. The maximum absolute atomic E-state index is 11.7. The third-order valence-electron chi connectivity index (χ3n) is 2.84. The summed E-state index contributed by atoms with van der Waals surface area (Å²) >= 11 is 0. The van der Waals surface area contributed by atoms with Gasteiger partial charge in [0.05, 0.1) is 0 Å². The van der Waals surface area contributed by atoms with Crippen molar-refractivity contribution in [3.63, 3.8) is 0 Å². The number of H-pyrrole nitrogens is 1. The van der Waals surface area contributed by atoms with Crippen molar-refractivity contribution >= 4 is 11.7 Å². The molecule has 1 fully saturated rings. The number of carbonyl (C=O) groups excluding carboxylic acids is 1. The second-order valence-corrected chi connectivity index (χ2v) is 4.41. The lowest BCUT2D eigenvalue weighted by molar-refractivity contribution is -0.117. The van der Waals surface area contributed by atoms with Gasteiger partial charge in [-0.05, 0) is 5.92 Å². The minimum atomic E-state index is 0.0201. The van der Waals surface area contributed by atoms with Crippen LogP contribution in [0.2, 0.25) is 0 Å². The molecule has 1 aromatic rings. The first-order chi connectivity index (χ1) is 7.61. The summed E-state index contributed by atoms with van der Waals surface area (Å²) in [5, 5.41) is 7.09. The molecular formula is C12H15N3O. The highest BCUT2D eigenvalue weighted by molar-refractivity contribution is 5.95. The normalized spacial score (nSPS) is 20.5. The van der Waals surface area contributed by atoms with Gasteiger partial charge in [0, 0.05) is 30.6 Å². The van der Waals surface area contributed by atoms with Crippen LogP contribution in [-0.2, 0) is 4.79 Å². The number of carbonyl (C=O) groups is 1. The van der Waals surface area contributed by atoms with E-state index >= 15 is 0 Å². The van der Waals surface area contributed by atoms with E-state index in [2.05, 4.69) is 30.0 Å². The monoisotopic (exact) mass is 217 g/mol. The molecule has 16 heavy (non-hydrogen) atoms. The summed E-state index contributed by atoms with van der Waals surface area (Å²) in [4.78, 5) is 13.4. The number of terminal acetylenes is 1. The van der Waals surface area contributed by atoms with Crippen LogP contribution >= 0.6 is 0 Å². The van der Waals surface area contributed by atoms with E-state index in [0.29, 0.717) is 24.7 Å². The van der Waals surface area contributed by atoms with Gasteiger partial charge in [-0.1, -0.05) is 13.8 Å². The van der Waals surface area contributed by atoms with Crippen LogP contribution in [0.4, 0.5) is 5.82 Å². The van der Waals surface area contributed by atoms with Crippen molar-refractivity contribution in [2.75, 3.05) is 11.4 Å². The Morgan fingerprint density at radius 2 is 2.44 bits per heavy atom. The average molecular weight is 217 g/mol. The minimum absolute atomic E-state index is 0.0201. The van der Waals surface area contributed by atoms with Crippen molar-refractivity contribution in [2.24, 2.45) is 5.92 Å². The Balaban J connectivity index is 2.19. The van der Waals surface area contributed by atoms with Crippen molar-refractivity contribution in [3.8, 4) is 12.3 Å². The van der Waals surface area contributed by atoms with Crippen molar-refractivity contribution in [3.05, 3.63) is 11.8 Å². The van der Waals surface area contributed by atoms with Gasteiger partial charge in [0.25, 0.3) is 0 Å². The zero-order valence-corrected chi connectivity index (χ0v) is 9.53. The van der Waals surface area contributed by atoms with E-state index in [1.54, 1.807) is 4.90 Å². The molecule has 2 rings (SSSR count). The van der Waals surface area contributed by atoms with Crippen LogP contribution < -0.4 is 4.90 Å². The van der Waals surface area contributed by atoms with Gasteiger partial charge in [0.15, 0.2) is 5.82 Å². The van der Waals surface area contributed by atoms with Gasteiger partial charge in [-0.15, -0.1) is 12.3 Å². The Hall–Kier alpha value is -1.76. The molecule has 1 amide bonds. The predicted molar refractivity (Wildman–Crippen MR) is 62.0 cm³/mol. The highest BCUT2D eigenvalue weighted by atomic mass is 16.2. The predicted octanol–water partition coefficient (Wildman–Crippen LogP) is 1.52. The van der Waals surface area contributed by atoms with Crippen molar-refractivity contribution in [2.45, 2.75) is 26.2 Å². The summed E-state index contributed by atoms with van der Waals surface area (Å²) in [5.74, 6) is 3.77. The fourth-order valence-corrected chi connectivity index (χ4v) is 1.80. The molecule has 1 N–H and O–H groups in total. The van der Waals surface area contributed by atoms with Crippen LogP contribution in [0.15, 0.2) is 6.07 Å². The van der Waals surface area contributed by atoms with E-state index in [4.69, 9.17) is 6.42 Å². The number of nitrogens with one attached hydrogen (secondary N) is 1. The van der Waals surface area contributed by atoms with Gasteiger partial charge >= 0.3 is 0 Å². The van der Waals surface area contributed by atoms with Crippen molar-refractivity contribution in [1.82, 2.24) is 10.2 Å². The van der Waals surface area contributed by atoms with Gasteiger partial charge in [-0.3, -0.25) is 14.8 Å². The van der Waals surface area contributed by atoms with Crippen LogP contribution in [0.1, 0.15) is 31.9 Å². The van der Waals surface area contributed by atoms with Gasteiger partial charge < -0.3 is 0 Å². The minimum Gasteiger partial charge on any atom is -0.294 e. The molecule has 0 aromatic carbocycles. The molecule has 4 heteroatoms. The fourth-order valence-electron chi connectivity index (χ4n) is 1.80. The zero-order valence-electron chi connectivity index (χ0n) is 9.53. The molecule has 0 aliphatic carbocycles. The quantitative estimate of drug-likeness (QED) is 0.763. The van der Waals surface area contributed by atoms with Gasteiger partial charge in [-0.25, -0.2) is 0 Å². The van der Waals surface area contributed by atoms with E-state index in [1.807, 2.05) is 6.07 Å². The molecule has 0 radical (unpaired) electrons. The summed E-state index contributed by atoms with van der Waals surface area (Å²) in [6.45, 7) is 4.73. The van der Waals surface area contributed by atoms with Crippen LogP contribution in [0, 0.1) is 18.3 Å². The van der Waals surface area contributed by atoms with Gasteiger partial charge in [0.1, 0.15) is 0 Å².